The first-order valence-electron chi connectivity index (χ1n) is 7.34. The van der Waals surface area contributed by atoms with E-state index in [1.165, 1.54) is 5.56 Å². The molecular weight excluding hydrogens is 316 g/mol. The van der Waals surface area contributed by atoms with Crippen LogP contribution in [-0.2, 0) is 10.8 Å². The van der Waals surface area contributed by atoms with Gasteiger partial charge in [-0.15, -0.1) is 0 Å². The van der Waals surface area contributed by atoms with Gasteiger partial charge in [0.05, 0.1) is 37.0 Å². The molecule has 1 atom stereocenters. The summed E-state index contributed by atoms with van der Waals surface area (Å²) < 4.78 is 13.0. The molecule has 5 heteroatoms. The average Bonchev–Trinajstić information content (AvgIpc) is 2.50. The monoisotopic (exact) mass is 334 g/mol. The number of nitrogens with zero attached hydrogens (tertiary/aromatic N) is 1. The van der Waals surface area contributed by atoms with Gasteiger partial charge >= 0.3 is 0 Å². The van der Waals surface area contributed by atoms with Crippen molar-refractivity contribution in [3.8, 4) is 0 Å². The van der Waals surface area contributed by atoms with Crippen molar-refractivity contribution in [3.63, 3.8) is 0 Å². The first-order chi connectivity index (χ1) is 10.6. The molecule has 2 aromatic rings. The summed E-state index contributed by atoms with van der Waals surface area (Å²) in [4.78, 5) is 3.75. The van der Waals surface area contributed by atoms with Crippen molar-refractivity contribution in [2.75, 3.05) is 18.0 Å². The van der Waals surface area contributed by atoms with Crippen LogP contribution in [0.2, 0.25) is 5.02 Å². The van der Waals surface area contributed by atoms with Gasteiger partial charge in [0.15, 0.2) is 0 Å². The first kappa shape index (κ1) is 15.5. The number of hydrogen-bond acceptors (Lipinski definition) is 3. The van der Waals surface area contributed by atoms with E-state index in [0.717, 1.165) is 34.8 Å². The van der Waals surface area contributed by atoms with Crippen LogP contribution in [0.1, 0.15) is 17.5 Å². The third-order valence-corrected chi connectivity index (χ3v) is 6.10. The number of fused-ring (bicyclic) bond motifs is 2. The number of hydrogen-bond donors (Lipinski definition) is 1. The van der Waals surface area contributed by atoms with Gasteiger partial charge < -0.3 is 10.6 Å². The maximum Gasteiger partial charge on any atom is 0.0907 e. The fraction of sp³-hybridized carbons (Fsp3) is 0.294. The summed E-state index contributed by atoms with van der Waals surface area (Å²) in [5, 5.41) is 0.553. The standard InChI is InChI=1S/C17H19ClN2OS/c1-11-7-8-15-16(12(11)2)20(10-4-9-19)14-6-3-5-13(18)17(14)22(15)21/h3,5-8H,4,9-10,19H2,1-2H3. The van der Waals surface area contributed by atoms with Crippen molar-refractivity contribution in [2.24, 2.45) is 5.73 Å². The van der Waals surface area contributed by atoms with E-state index < -0.39 is 10.8 Å². The Morgan fingerprint density at radius 3 is 2.73 bits per heavy atom. The van der Waals surface area contributed by atoms with Crippen molar-refractivity contribution in [1.29, 1.82) is 0 Å². The molecule has 0 saturated carbocycles. The molecule has 1 aliphatic heterocycles. The zero-order valence-corrected chi connectivity index (χ0v) is 14.3. The molecule has 0 radical (unpaired) electrons. The van der Waals surface area contributed by atoms with Gasteiger partial charge in [-0.25, -0.2) is 4.21 Å². The topological polar surface area (TPSA) is 46.3 Å². The normalized spacial score (nSPS) is 16.4. The fourth-order valence-electron chi connectivity index (χ4n) is 2.87. The summed E-state index contributed by atoms with van der Waals surface area (Å²) in [6.07, 6.45) is 0.866. The molecule has 3 rings (SSSR count). The van der Waals surface area contributed by atoms with Crippen LogP contribution in [0.4, 0.5) is 11.4 Å². The lowest BCUT2D eigenvalue weighted by molar-refractivity contribution is 0.680. The van der Waals surface area contributed by atoms with Gasteiger partial charge in [0.25, 0.3) is 0 Å². The largest absolute Gasteiger partial charge is 0.339 e. The van der Waals surface area contributed by atoms with E-state index in [2.05, 4.69) is 18.7 Å². The van der Waals surface area contributed by atoms with Gasteiger partial charge in [-0.1, -0.05) is 23.7 Å². The second kappa shape index (κ2) is 6.03. The second-order valence-electron chi connectivity index (χ2n) is 5.50. The molecule has 1 heterocycles. The molecule has 0 spiro atoms. The molecule has 0 fully saturated rings. The molecule has 1 unspecified atom stereocenters. The maximum absolute atomic E-state index is 13.0. The van der Waals surface area contributed by atoms with Crippen LogP contribution in [-0.4, -0.2) is 17.3 Å². The molecule has 0 bridgehead atoms. The molecule has 1 aliphatic rings. The SMILES string of the molecule is Cc1ccc2c(c1C)N(CCCN)c1cccc(Cl)c1S2=O. The Kier molecular flexibility index (Phi) is 4.26. The molecular formula is C17H19ClN2OS. The third-order valence-electron chi connectivity index (χ3n) is 4.14. The van der Waals surface area contributed by atoms with Crippen LogP contribution in [0.25, 0.3) is 0 Å². The number of nitrogens with two attached hydrogens (primary N) is 1. The summed E-state index contributed by atoms with van der Waals surface area (Å²) in [5.74, 6) is 0. The number of halogens is 1. The Balaban J connectivity index is 2.27. The summed E-state index contributed by atoms with van der Waals surface area (Å²) >= 11 is 6.33. The molecule has 22 heavy (non-hydrogen) atoms. The number of rotatable bonds is 3. The van der Waals surface area contributed by atoms with Crippen LogP contribution >= 0.6 is 11.6 Å². The van der Waals surface area contributed by atoms with E-state index >= 15 is 0 Å². The number of anilines is 2. The minimum Gasteiger partial charge on any atom is -0.339 e. The van der Waals surface area contributed by atoms with E-state index in [-0.39, 0.29) is 0 Å². The first-order valence-corrected chi connectivity index (χ1v) is 8.87. The second-order valence-corrected chi connectivity index (χ2v) is 7.30. The molecule has 2 N–H and O–H groups in total. The van der Waals surface area contributed by atoms with Crippen molar-refractivity contribution < 1.29 is 4.21 Å². The zero-order chi connectivity index (χ0) is 15.9. The molecule has 3 nitrogen and oxygen atoms in total. The van der Waals surface area contributed by atoms with E-state index in [0.29, 0.717) is 16.5 Å². The minimum absolute atomic E-state index is 0.553. The Morgan fingerprint density at radius 1 is 1.23 bits per heavy atom. The number of benzene rings is 2. The van der Waals surface area contributed by atoms with Gasteiger partial charge in [-0.3, -0.25) is 0 Å². The summed E-state index contributed by atoms with van der Waals surface area (Å²) in [6.45, 7) is 5.57. The molecule has 116 valence electrons. The van der Waals surface area contributed by atoms with Gasteiger partial charge in [0.1, 0.15) is 0 Å². The minimum atomic E-state index is -1.25. The number of aryl methyl sites for hydroxylation is 1. The van der Waals surface area contributed by atoms with Crippen molar-refractivity contribution in [3.05, 3.63) is 46.5 Å². The summed E-state index contributed by atoms with van der Waals surface area (Å²) in [7, 11) is -1.25. The van der Waals surface area contributed by atoms with E-state index in [4.69, 9.17) is 17.3 Å². The van der Waals surface area contributed by atoms with Crippen LogP contribution in [0.5, 0.6) is 0 Å². The smallest absolute Gasteiger partial charge is 0.0907 e. The Morgan fingerprint density at radius 2 is 2.00 bits per heavy atom. The summed E-state index contributed by atoms with van der Waals surface area (Å²) in [6, 6.07) is 9.67. The molecule has 0 aromatic heterocycles. The molecule has 0 saturated heterocycles. The average molecular weight is 335 g/mol. The van der Waals surface area contributed by atoms with E-state index in [1.807, 2.05) is 24.3 Å². The van der Waals surface area contributed by atoms with Gasteiger partial charge in [-0.2, -0.15) is 0 Å². The lowest BCUT2D eigenvalue weighted by Gasteiger charge is -2.34. The Hall–Kier alpha value is -1.36. The molecule has 0 amide bonds. The van der Waals surface area contributed by atoms with Crippen LogP contribution in [0, 0.1) is 13.8 Å². The highest BCUT2D eigenvalue weighted by atomic mass is 35.5. The van der Waals surface area contributed by atoms with Gasteiger partial charge in [0, 0.05) is 6.54 Å². The molecule has 2 aromatic carbocycles. The predicted molar refractivity (Wildman–Crippen MR) is 92.7 cm³/mol. The van der Waals surface area contributed by atoms with Crippen LogP contribution in [0.15, 0.2) is 40.1 Å². The lowest BCUT2D eigenvalue weighted by atomic mass is 10.1. The third kappa shape index (κ3) is 2.35. The quantitative estimate of drug-likeness (QED) is 0.925. The van der Waals surface area contributed by atoms with Crippen molar-refractivity contribution in [1.82, 2.24) is 0 Å². The van der Waals surface area contributed by atoms with Gasteiger partial charge in [-0.05, 0) is 56.1 Å². The van der Waals surface area contributed by atoms with E-state index in [1.54, 1.807) is 6.07 Å². The highest BCUT2D eigenvalue weighted by molar-refractivity contribution is 7.85. The van der Waals surface area contributed by atoms with Crippen LogP contribution in [0.3, 0.4) is 0 Å². The lowest BCUT2D eigenvalue weighted by Crippen LogP contribution is -2.27. The predicted octanol–water partition coefficient (Wildman–Crippen LogP) is 3.92. The molecule has 0 aliphatic carbocycles. The highest BCUT2D eigenvalue weighted by Gasteiger charge is 2.31. The van der Waals surface area contributed by atoms with E-state index in [9.17, 15) is 4.21 Å². The van der Waals surface area contributed by atoms with Crippen molar-refractivity contribution >= 4 is 33.8 Å². The Bertz CT molecular complexity index is 761. The highest BCUT2D eigenvalue weighted by Crippen LogP contribution is 2.46. The van der Waals surface area contributed by atoms with Crippen LogP contribution < -0.4 is 10.6 Å². The Labute approximate surface area is 138 Å². The van der Waals surface area contributed by atoms with Crippen molar-refractivity contribution in [2.45, 2.75) is 30.1 Å². The van der Waals surface area contributed by atoms with Gasteiger partial charge in [0.2, 0.25) is 0 Å². The zero-order valence-electron chi connectivity index (χ0n) is 12.7. The maximum atomic E-state index is 13.0. The summed E-state index contributed by atoms with van der Waals surface area (Å²) in [5.41, 5.74) is 10.0. The fourth-order valence-corrected chi connectivity index (χ4v) is 4.71.